The van der Waals surface area contributed by atoms with Gasteiger partial charge in [0.25, 0.3) is 0 Å². The summed E-state index contributed by atoms with van der Waals surface area (Å²) < 4.78 is 66.5. The highest BCUT2D eigenvalue weighted by atomic mass is 79.9. The molecule has 0 fully saturated rings. The molecule has 0 aliphatic heterocycles. The van der Waals surface area contributed by atoms with E-state index in [2.05, 4.69) is 63.7 Å². The van der Waals surface area contributed by atoms with Gasteiger partial charge in [-0.2, -0.15) is 0 Å². The normalized spacial score (nSPS) is 12.6. The maximum Gasteiger partial charge on any atom is 0.203 e. The third-order valence-corrected chi connectivity index (χ3v) is 14.8. The highest BCUT2D eigenvalue weighted by Gasteiger charge is 2.27. The van der Waals surface area contributed by atoms with E-state index in [-0.39, 0.29) is 0 Å². The number of benzene rings is 4. The van der Waals surface area contributed by atoms with Gasteiger partial charge in [0.1, 0.15) is 0 Å². The zero-order valence-corrected chi connectivity index (χ0v) is 48.2. The predicted molar refractivity (Wildman–Crippen MR) is 287 cm³/mol. The number of hydrogen-bond donors (Lipinski definition) is 0. The summed E-state index contributed by atoms with van der Waals surface area (Å²) in [4.78, 5) is 0. The SMILES string of the molecule is COc1cc(C[C@@H](CBr)[C@H](CCCBr)Cc2cc(OC)c(OC)c(OC)c2)cc(OC)c1OC.COc1cc(C[C@H](CBr)[C@@H](CCCBr)Cc2cc(OC)c(OC)c(OC)c2)cc(OC)c1OC. The lowest BCUT2D eigenvalue weighted by Crippen LogP contribution is -2.22. The molecule has 0 spiro atoms. The molecule has 380 valence electrons. The summed E-state index contributed by atoms with van der Waals surface area (Å²) in [6, 6.07) is 16.4. The first-order valence-corrected chi connectivity index (χ1v) is 26.9. The van der Waals surface area contributed by atoms with Crippen molar-refractivity contribution in [3.05, 3.63) is 70.8 Å². The van der Waals surface area contributed by atoms with Gasteiger partial charge in [0, 0.05) is 21.3 Å². The van der Waals surface area contributed by atoms with Crippen molar-refractivity contribution in [2.75, 3.05) is 107 Å². The molecule has 0 N–H and O–H groups in total. The number of ether oxygens (including phenoxy) is 12. The minimum absolute atomic E-state index is 0.390. The molecule has 0 aliphatic carbocycles. The summed E-state index contributed by atoms with van der Waals surface area (Å²) in [6.45, 7) is 0. The van der Waals surface area contributed by atoms with E-state index in [1.807, 2.05) is 48.5 Å². The van der Waals surface area contributed by atoms with E-state index in [0.29, 0.717) is 92.7 Å². The fourth-order valence-electron chi connectivity index (χ4n) is 8.61. The Morgan fingerprint density at radius 3 is 0.632 bits per heavy atom. The molecular weight excluding hydrogens is 1140 g/mol. The van der Waals surface area contributed by atoms with Crippen LogP contribution >= 0.6 is 63.7 Å². The Hall–Kier alpha value is -3.60. The molecule has 0 saturated heterocycles. The van der Waals surface area contributed by atoms with Gasteiger partial charge in [-0.15, -0.1) is 0 Å². The first-order valence-electron chi connectivity index (χ1n) is 22.4. The van der Waals surface area contributed by atoms with Crippen LogP contribution in [0.2, 0.25) is 0 Å². The Kier molecular flexibility index (Phi) is 27.3. The Morgan fingerprint density at radius 1 is 0.294 bits per heavy atom. The summed E-state index contributed by atoms with van der Waals surface area (Å²) in [7, 11) is 19.7. The molecule has 4 aromatic rings. The molecule has 0 radical (unpaired) electrons. The van der Waals surface area contributed by atoms with Gasteiger partial charge in [0.2, 0.25) is 23.0 Å². The van der Waals surface area contributed by atoms with Crippen molar-refractivity contribution in [3.8, 4) is 69.0 Å². The lowest BCUT2D eigenvalue weighted by atomic mass is 9.81. The van der Waals surface area contributed by atoms with Gasteiger partial charge in [0.05, 0.1) is 85.3 Å². The molecular formula is C52H72Br4O12. The maximum atomic E-state index is 5.58. The Morgan fingerprint density at radius 2 is 0.485 bits per heavy atom. The molecule has 4 rings (SSSR count). The van der Waals surface area contributed by atoms with Crippen LogP contribution in [0.3, 0.4) is 0 Å². The number of alkyl halides is 4. The predicted octanol–water partition coefficient (Wildman–Crippen LogP) is 12.7. The van der Waals surface area contributed by atoms with E-state index in [9.17, 15) is 0 Å². The first kappa shape index (κ1) is 58.7. The van der Waals surface area contributed by atoms with Crippen molar-refractivity contribution < 1.29 is 56.8 Å². The van der Waals surface area contributed by atoms with E-state index in [0.717, 1.165) is 94.9 Å². The van der Waals surface area contributed by atoms with Gasteiger partial charge in [0.15, 0.2) is 46.0 Å². The van der Waals surface area contributed by atoms with Gasteiger partial charge >= 0.3 is 0 Å². The highest BCUT2D eigenvalue weighted by molar-refractivity contribution is 9.09. The average molecular weight is 1210 g/mol. The molecule has 0 saturated carbocycles. The number of hydrogen-bond acceptors (Lipinski definition) is 12. The number of halogens is 4. The smallest absolute Gasteiger partial charge is 0.203 e. The second-order valence-electron chi connectivity index (χ2n) is 16.0. The van der Waals surface area contributed by atoms with E-state index in [4.69, 9.17) is 56.8 Å². The van der Waals surface area contributed by atoms with Crippen molar-refractivity contribution in [3.63, 3.8) is 0 Å². The van der Waals surface area contributed by atoms with E-state index in [1.165, 1.54) is 0 Å². The molecule has 12 nitrogen and oxygen atoms in total. The molecule has 0 bridgehead atoms. The maximum absolute atomic E-state index is 5.58. The third-order valence-electron chi connectivity index (χ3n) is 12.0. The molecule has 0 amide bonds. The molecule has 0 heterocycles. The Balaban J connectivity index is 0.000000360. The van der Waals surface area contributed by atoms with Crippen LogP contribution < -0.4 is 56.8 Å². The van der Waals surface area contributed by atoms with Crippen molar-refractivity contribution >= 4 is 63.7 Å². The first-order chi connectivity index (χ1) is 33.0. The zero-order chi connectivity index (χ0) is 50.2. The van der Waals surface area contributed by atoms with E-state index < -0.39 is 0 Å². The third kappa shape index (κ3) is 16.2. The summed E-state index contributed by atoms with van der Waals surface area (Å²) in [5, 5.41) is 3.69. The summed E-state index contributed by atoms with van der Waals surface area (Å²) in [6.07, 6.45) is 7.89. The summed E-state index contributed by atoms with van der Waals surface area (Å²) >= 11 is 14.8. The van der Waals surface area contributed by atoms with Gasteiger partial charge in [-0.1, -0.05) is 63.7 Å². The van der Waals surface area contributed by atoms with Crippen molar-refractivity contribution in [1.29, 1.82) is 0 Å². The van der Waals surface area contributed by atoms with Crippen molar-refractivity contribution in [2.24, 2.45) is 23.7 Å². The largest absolute Gasteiger partial charge is 0.493 e. The van der Waals surface area contributed by atoms with Crippen LogP contribution in [-0.4, -0.2) is 107 Å². The zero-order valence-electron chi connectivity index (χ0n) is 41.8. The lowest BCUT2D eigenvalue weighted by Gasteiger charge is -2.27. The second kappa shape index (κ2) is 31.6. The molecule has 68 heavy (non-hydrogen) atoms. The van der Waals surface area contributed by atoms with Gasteiger partial charge in [-0.25, -0.2) is 0 Å². The molecule has 0 aliphatic rings. The molecule has 0 aromatic heterocycles. The van der Waals surface area contributed by atoms with Crippen LogP contribution in [-0.2, 0) is 25.7 Å². The highest BCUT2D eigenvalue weighted by Crippen LogP contribution is 2.44. The summed E-state index contributed by atoms with van der Waals surface area (Å²) in [5.41, 5.74) is 4.61. The second-order valence-corrected chi connectivity index (χ2v) is 18.8. The molecule has 4 atom stereocenters. The number of methoxy groups -OCH3 is 12. The van der Waals surface area contributed by atoms with E-state index in [1.54, 1.807) is 85.3 Å². The monoisotopic (exact) mass is 1200 g/mol. The fourth-order valence-corrected chi connectivity index (χ4v) is 10.8. The standard InChI is InChI=1S/2C26H36Br2O6/c2*1-29-21-12-17(13-22(30-2)25(21)33-5)10-19(8-7-9-27)20(16-28)11-18-14-23(31-3)26(34-6)24(15-18)32-4/h2*12-15,19-20H,7-11,16H2,1-6H3/t2*19-,20+/m10/s1. The Bertz CT molecular complexity index is 1860. The van der Waals surface area contributed by atoms with Gasteiger partial charge in [-0.3, -0.25) is 0 Å². The Labute approximate surface area is 439 Å². The molecule has 16 heteroatoms. The molecule has 0 unspecified atom stereocenters. The minimum Gasteiger partial charge on any atom is -0.493 e. The van der Waals surface area contributed by atoms with Crippen LogP contribution in [0.25, 0.3) is 0 Å². The minimum atomic E-state index is 0.390. The van der Waals surface area contributed by atoms with Crippen molar-refractivity contribution in [1.82, 2.24) is 0 Å². The number of rotatable bonds is 30. The van der Waals surface area contributed by atoms with Crippen LogP contribution in [0.4, 0.5) is 0 Å². The topological polar surface area (TPSA) is 111 Å². The average Bonchev–Trinajstić information content (AvgIpc) is 3.38. The van der Waals surface area contributed by atoms with Crippen LogP contribution in [0.1, 0.15) is 47.9 Å². The van der Waals surface area contributed by atoms with Crippen LogP contribution in [0, 0.1) is 23.7 Å². The summed E-state index contributed by atoms with van der Waals surface area (Å²) in [5.74, 6) is 9.48. The van der Waals surface area contributed by atoms with E-state index >= 15 is 0 Å². The molecule has 4 aromatic carbocycles. The van der Waals surface area contributed by atoms with Crippen molar-refractivity contribution in [2.45, 2.75) is 51.4 Å². The quantitative estimate of drug-likeness (QED) is 0.0464. The van der Waals surface area contributed by atoms with Crippen LogP contribution in [0.15, 0.2) is 48.5 Å². The van der Waals surface area contributed by atoms with Gasteiger partial charge in [-0.05, 0) is 146 Å². The van der Waals surface area contributed by atoms with Crippen LogP contribution in [0.5, 0.6) is 69.0 Å². The lowest BCUT2D eigenvalue weighted by molar-refractivity contribution is 0.315. The van der Waals surface area contributed by atoms with Gasteiger partial charge < -0.3 is 56.8 Å². The fraction of sp³-hybridized carbons (Fsp3) is 0.538.